The Labute approximate surface area is 314 Å². The van der Waals surface area contributed by atoms with E-state index in [9.17, 15) is 10.2 Å². The number of ether oxygens (including phenoxy) is 4. The van der Waals surface area contributed by atoms with Gasteiger partial charge in [0.15, 0.2) is 6.29 Å². The number of allylic oxidation sites excluding steroid dienone is 6. The molecule has 0 aromatic rings. The Hall–Kier alpha value is -1.32. The molecule has 7 fully saturated rings. The Morgan fingerprint density at radius 2 is 1.71 bits per heavy atom. The van der Waals surface area contributed by atoms with Crippen molar-refractivity contribution in [3.8, 4) is 0 Å². The highest BCUT2D eigenvalue weighted by Gasteiger charge is 2.84. The van der Waals surface area contributed by atoms with Crippen LogP contribution in [0.5, 0.6) is 0 Å². The summed E-state index contributed by atoms with van der Waals surface area (Å²) in [6.45, 7) is 21.9. The lowest BCUT2D eigenvalue weighted by Crippen LogP contribution is -2.60. The van der Waals surface area contributed by atoms with E-state index in [1.807, 2.05) is 20.8 Å². The molecule has 2 spiro atoms. The minimum atomic E-state index is -1.02. The molecule has 52 heavy (non-hydrogen) atoms. The number of hydrogen-bond acceptors (Lipinski definition) is 7. The summed E-state index contributed by atoms with van der Waals surface area (Å²) in [7, 11) is 0. The van der Waals surface area contributed by atoms with Gasteiger partial charge in [-0.15, -0.1) is 0 Å². The van der Waals surface area contributed by atoms with Crippen LogP contribution in [0.1, 0.15) is 107 Å². The van der Waals surface area contributed by atoms with Crippen LogP contribution in [-0.4, -0.2) is 90.4 Å². The van der Waals surface area contributed by atoms with Crippen LogP contribution < -0.4 is 0 Å². The molecule has 6 aliphatic carbocycles. The number of morpholine rings is 1. The molecule has 7 nitrogen and oxygen atoms in total. The van der Waals surface area contributed by atoms with Crippen LogP contribution in [0.3, 0.4) is 0 Å². The highest BCUT2D eigenvalue weighted by molar-refractivity contribution is 5.34. The third kappa shape index (κ3) is 5.51. The summed E-state index contributed by atoms with van der Waals surface area (Å²) >= 11 is 0. The van der Waals surface area contributed by atoms with E-state index >= 15 is 0 Å². The van der Waals surface area contributed by atoms with Crippen molar-refractivity contribution in [3.63, 3.8) is 0 Å². The van der Waals surface area contributed by atoms with Crippen molar-refractivity contribution in [2.24, 2.45) is 50.7 Å². The van der Waals surface area contributed by atoms with Gasteiger partial charge in [-0.1, -0.05) is 77.2 Å². The molecule has 0 aromatic carbocycles. The molecule has 2 saturated heterocycles. The fourth-order valence-electron chi connectivity index (χ4n) is 14.7. The van der Waals surface area contributed by atoms with Crippen LogP contribution in [0.15, 0.2) is 48.1 Å². The zero-order valence-electron chi connectivity index (χ0n) is 33.5. The highest BCUT2D eigenvalue weighted by Crippen LogP contribution is 2.89. The van der Waals surface area contributed by atoms with E-state index in [0.29, 0.717) is 47.7 Å². The van der Waals surface area contributed by atoms with Gasteiger partial charge in [-0.25, -0.2) is 0 Å². The quantitative estimate of drug-likeness (QED) is 0.267. The van der Waals surface area contributed by atoms with E-state index in [-0.39, 0.29) is 40.8 Å². The van der Waals surface area contributed by atoms with Crippen LogP contribution in [0.25, 0.3) is 0 Å². The molecule has 7 heteroatoms. The Morgan fingerprint density at radius 1 is 0.981 bits per heavy atom. The maximum absolute atomic E-state index is 12.7. The summed E-state index contributed by atoms with van der Waals surface area (Å²) in [4.78, 5) is 2.49. The van der Waals surface area contributed by atoms with E-state index in [1.54, 1.807) is 0 Å². The maximum atomic E-state index is 12.7. The van der Waals surface area contributed by atoms with Crippen LogP contribution >= 0.6 is 0 Å². The van der Waals surface area contributed by atoms with Gasteiger partial charge in [0.1, 0.15) is 6.10 Å². The van der Waals surface area contributed by atoms with Crippen molar-refractivity contribution in [1.29, 1.82) is 0 Å². The van der Waals surface area contributed by atoms with Gasteiger partial charge in [0.2, 0.25) is 0 Å². The van der Waals surface area contributed by atoms with Crippen LogP contribution in [-0.2, 0) is 18.9 Å². The molecular formula is C45H69NO6. The van der Waals surface area contributed by atoms with E-state index in [4.69, 9.17) is 18.9 Å². The summed E-state index contributed by atoms with van der Waals surface area (Å²) < 4.78 is 26.5. The summed E-state index contributed by atoms with van der Waals surface area (Å²) in [6.07, 6.45) is 22.8. The zero-order valence-corrected chi connectivity index (χ0v) is 33.5. The second-order valence-electron chi connectivity index (χ2n) is 20.1. The van der Waals surface area contributed by atoms with Crippen LogP contribution in [0.4, 0.5) is 0 Å². The van der Waals surface area contributed by atoms with E-state index in [1.165, 1.54) is 37.7 Å². The number of rotatable bonds is 8. The molecule has 0 amide bonds. The fourth-order valence-corrected chi connectivity index (χ4v) is 14.7. The third-order valence-corrected chi connectivity index (χ3v) is 17.1. The molecule has 0 bridgehead atoms. The van der Waals surface area contributed by atoms with Gasteiger partial charge in [0.25, 0.3) is 0 Å². The first-order valence-electron chi connectivity index (χ1n) is 21.0. The number of nitrogens with zero attached hydrogens (tertiary/aromatic N) is 1. The van der Waals surface area contributed by atoms with Crippen molar-refractivity contribution in [2.75, 3.05) is 32.8 Å². The average molecular weight is 720 g/mol. The number of aliphatic hydroxyl groups excluding tert-OH is 1. The monoisotopic (exact) mass is 720 g/mol. The van der Waals surface area contributed by atoms with E-state index in [2.05, 4.69) is 82.1 Å². The van der Waals surface area contributed by atoms with Crippen molar-refractivity contribution >= 4 is 0 Å². The molecule has 2 heterocycles. The molecule has 5 saturated carbocycles. The lowest BCUT2D eigenvalue weighted by Gasteiger charge is -2.64. The third-order valence-electron chi connectivity index (χ3n) is 17.1. The van der Waals surface area contributed by atoms with Crippen molar-refractivity contribution < 1.29 is 29.2 Å². The van der Waals surface area contributed by atoms with Crippen molar-refractivity contribution in [3.05, 3.63) is 48.1 Å². The summed E-state index contributed by atoms with van der Waals surface area (Å²) in [5.74, 6) is 1.80. The molecule has 8 rings (SSSR count). The molecule has 290 valence electrons. The Balaban J connectivity index is 0.984. The molecule has 14 atom stereocenters. The van der Waals surface area contributed by atoms with Gasteiger partial charge in [0.05, 0.1) is 36.6 Å². The van der Waals surface area contributed by atoms with Gasteiger partial charge < -0.3 is 29.2 Å². The summed E-state index contributed by atoms with van der Waals surface area (Å²) in [5, 5.41) is 23.8. The molecule has 0 aromatic heterocycles. The molecule has 14 unspecified atom stereocenters. The van der Waals surface area contributed by atoms with E-state index in [0.717, 1.165) is 38.9 Å². The normalized spacial score (nSPS) is 51.5. The van der Waals surface area contributed by atoms with Gasteiger partial charge in [-0.3, -0.25) is 4.90 Å². The smallest absolute Gasteiger partial charge is 0.170 e. The first-order valence-corrected chi connectivity index (χ1v) is 21.0. The van der Waals surface area contributed by atoms with E-state index < -0.39 is 17.8 Å². The Morgan fingerprint density at radius 3 is 2.48 bits per heavy atom. The minimum Gasteiger partial charge on any atom is -0.390 e. The first kappa shape index (κ1) is 37.6. The molecule has 8 aliphatic rings. The van der Waals surface area contributed by atoms with Gasteiger partial charge in [-0.05, 0) is 123 Å². The maximum Gasteiger partial charge on any atom is 0.170 e. The summed E-state index contributed by atoms with van der Waals surface area (Å²) in [6, 6.07) is 0. The average Bonchev–Trinajstić information content (AvgIpc) is 3.70. The molecule has 2 aliphatic heterocycles. The largest absolute Gasteiger partial charge is 0.390 e. The second-order valence-corrected chi connectivity index (χ2v) is 20.1. The number of fused-ring (bicyclic) bond motifs is 4. The number of aliphatic hydroxyl groups is 2. The van der Waals surface area contributed by atoms with Gasteiger partial charge in [0, 0.05) is 31.7 Å². The lowest BCUT2D eigenvalue weighted by molar-refractivity contribution is -0.248. The lowest BCUT2D eigenvalue weighted by atomic mass is 9.41. The Kier molecular flexibility index (Phi) is 9.50. The number of hydrogen-bond donors (Lipinski definition) is 2. The molecule has 2 N–H and O–H groups in total. The topological polar surface area (TPSA) is 80.6 Å². The predicted octanol–water partition coefficient (Wildman–Crippen LogP) is 7.63. The Bertz CT molecular complexity index is 1480. The first-order chi connectivity index (χ1) is 24.6. The highest BCUT2D eigenvalue weighted by atomic mass is 16.7. The van der Waals surface area contributed by atoms with Gasteiger partial charge >= 0.3 is 0 Å². The molecular weight excluding hydrogens is 650 g/mol. The van der Waals surface area contributed by atoms with Crippen LogP contribution in [0, 0.1) is 50.7 Å². The summed E-state index contributed by atoms with van der Waals surface area (Å²) in [5.41, 5.74) is 0.788. The SMILES string of the molecule is CCOC(C1CC(C)C2C(O1)C(O)C1(C)C3CCC4C(C)(C)C(OC5CN(CC6=C/C=C\C=C/C=C\6)CCO5)CCC45CC35CCC21C)C(C)(C)O. The van der Waals surface area contributed by atoms with Crippen LogP contribution in [0.2, 0.25) is 0 Å². The second kappa shape index (κ2) is 13.1. The standard InChI is InChI=1S/C45H69NO6/c1-9-49-39(41(5,6)48)31-25-29(2)36-37(51-31)38(47)43(8)33-18-17-32-40(3,4)34(19-20-44(32)28-45(33,44)22-21-42(36,43)7)52-35-27-46(23-24-50-35)26-30-15-13-11-10-12-14-16-30/h10-16,29,31-39,47-48H,9,17-28H2,1-8H3/b11-10-,12-10?,13-11?,14-12-,15-13-,16-14?,30-15?,30-16+. The fraction of sp³-hybridized carbons (Fsp3) is 0.822. The molecule has 0 radical (unpaired) electrons. The predicted molar refractivity (Wildman–Crippen MR) is 204 cm³/mol. The zero-order chi connectivity index (χ0) is 36.9. The van der Waals surface area contributed by atoms with Gasteiger partial charge in [-0.2, -0.15) is 0 Å². The minimum absolute atomic E-state index is 0.0126. The van der Waals surface area contributed by atoms with Crippen molar-refractivity contribution in [2.45, 2.75) is 149 Å². The van der Waals surface area contributed by atoms with Crippen molar-refractivity contribution in [1.82, 2.24) is 4.90 Å².